The summed E-state index contributed by atoms with van der Waals surface area (Å²) in [6, 6.07) is 25.6. The van der Waals surface area contributed by atoms with Crippen LogP contribution in [-0.2, 0) is 22.6 Å². The zero-order chi connectivity index (χ0) is 24.3. The molecule has 34 heavy (non-hydrogen) atoms. The van der Waals surface area contributed by atoms with Crippen LogP contribution in [-0.4, -0.2) is 35.1 Å². The Morgan fingerprint density at radius 1 is 0.882 bits per heavy atom. The number of nitrogens with one attached hydrogen (secondary N) is 1. The van der Waals surface area contributed by atoms with Gasteiger partial charge in [0.2, 0.25) is 11.8 Å². The molecule has 178 valence electrons. The minimum atomic E-state index is -0.583. The van der Waals surface area contributed by atoms with E-state index >= 15 is 0 Å². The Kier molecular flexibility index (Phi) is 9.77. The molecule has 1 atom stereocenters. The molecular formula is C29H34N2O2S. The molecule has 0 bridgehead atoms. The summed E-state index contributed by atoms with van der Waals surface area (Å²) >= 11 is 1.51. The molecule has 0 saturated heterocycles. The Balaban J connectivity index is 1.88. The average molecular weight is 475 g/mol. The van der Waals surface area contributed by atoms with Gasteiger partial charge in [-0.2, -0.15) is 0 Å². The van der Waals surface area contributed by atoms with Gasteiger partial charge in [-0.1, -0.05) is 84.8 Å². The number of nitrogens with zero attached hydrogens (tertiary/aromatic N) is 1. The van der Waals surface area contributed by atoms with E-state index in [0.29, 0.717) is 19.5 Å². The summed E-state index contributed by atoms with van der Waals surface area (Å²) in [5, 5.41) is 3.03. The van der Waals surface area contributed by atoms with E-state index in [1.165, 1.54) is 17.3 Å². The van der Waals surface area contributed by atoms with E-state index in [0.717, 1.165) is 28.0 Å². The van der Waals surface area contributed by atoms with E-state index in [4.69, 9.17) is 0 Å². The van der Waals surface area contributed by atoms with Crippen molar-refractivity contribution in [3.63, 3.8) is 0 Å². The monoisotopic (exact) mass is 474 g/mol. The first kappa shape index (κ1) is 25.6. The second-order valence-electron chi connectivity index (χ2n) is 8.61. The van der Waals surface area contributed by atoms with Crippen molar-refractivity contribution in [3.8, 4) is 0 Å². The van der Waals surface area contributed by atoms with Crippen molar-refractivity contribution in [2.24, 2.45) is 0 Å². The van der Waals surface area contributed by atoms with Crippen molar-refractivity contribution in [3.05, 3.63) is 101 Å². The van der Waals surface area contributed by atoms with Gasteiger partial charge in [0.15, 0.2) is 0 Å². The highest BCUT2D eigenvalue weighted by atomic mass is 32.2. The fourth-order valence-corrected chi connectivity index (χ4v) is 4.57. The topological polar surface area (TPSA) is 49.4 Å². The highest BCUT2D eigenvalue weighted by molar-refractivity contribution is 8.00. The highest BCUT2D eigenvalue weighted by Gasteiger charge is 2.30. The predicted molar refractivity (Wildman–Crippen MR) is 141 cm³/mol. The van der Waals surface area contributed by atoms with Gasteiger partial charge in [0.25, 0.3) is 0 Å². The number of hydrogen-bond acceptors (Lipinski definition) is 3. The summed E-state index contributed by atoms with van der Waals surface area (Å²) in [5.74, 6) is 0.132. The quantitative estimate of drug-likeness (QED) is 0.370. The number of rotatable bonds is 11. The third-order valence-corrected chi connectivity index (χ3v) is 6.64. The minimum Gasteiger partial charge on any atom is -0.354 e. The Hall–Kier alpha value is -3.05. The van der Waals surface area contributed by atoms with Gasteiger partial charge < -0.3 is 10.2 Å². The van der Waals surface area contributed by atoms with Gasteiger partial charge in [-0.05, 0) is 43.5 Å². The molecule has 0 spiro atoms. The lowest BCUT2D eigenvalue weighted by Gasteiger charge is -2.31. The highest BCUT2D eigenvalue weighted by Crippen LogP contribution is 2.22. The molecule has 0 aliphatic heterocycles. The summed E-state index contributed by atoms with van der Waals surface area (Å²) in [5.41, 5.74) is 4.38. The van der Waals surface area contributed by atoms with E-state index in [2.05, 4.69) is 11.4 Å². The lowest BCUT2D eigenvalue weighted by molar-refractivity contribution is -0.139. The van der Waals surface area contributed by atoms with Gasteiger partial charge in [0.05, 0.1) is 5.75 Å². The van der Waals surface area contributed by atoms with Crippen LogP contribution in [0.25, 0.3) is 0 Å². The normalized spacial score (nSPS) is 11.6. The van der Waals surface area contributed by atoms with Crippen LogP contribution >= 0.6 is 11.8 Å². The lowest BCUT2D eigenvalue weighted by atomic mass is 10.0. The maximum Gasteiger partial charge on any atom is 0.243 e. The van der Waals surface area contributed by atoms with Gasteiger partial charge in [-0.15, -0.1) is 11.8 Å². The van der Waals surface area contributed by atoms with Crippen molar-refractivity contribution in [1.29, 1.82) is 0 Å². The molecule has 3 rings (SSSR count). The summed E-state index contributed by atoms with van der Waals surface area (Å²) in [7, 11) is 0. The molecule has 0 heterocycles. The molecule has 3 aromatic rings. The lowest BCUT2D eigenvalue weighted by Crippen LogP contribution is -2.51. The number of hydrogen-bond donors (Lipinski definition) is 1. The largest absolute Gasteiger partial charge is 0.354 e. The van der Waals surface area contributed by atoms with Crippen molar-refractivity contribution < 1.29 is 9.59 Å². The van der Waals surface area contributed by atoms with Crippen molar-refractivity contribution in [2.75, 3.05) is 12.3 Å². The Labute approximate surface area is 207 Å². The molecule has 0 aromatic heterocycles. The van der Waals surface area contributed by atoms with E-state index in [-0.39, 0.29) is 17.6 Å². The molecule has 5 heteroatoms. The summed E-state index contributed by atoms with van der Waals surface area (Å²) in [4.78, 5) is 29.7. The fraction of sp³-hybridized carbons (Fsp3) is 0.310. The van der Waals surface area contributed by atoms with Gasteiger partial charge in [-0.3, -0.25) is 9.59 Å². The maximum absolute atomic E-state index is 13.6. The molecule has 1 N–H and O–H groups in total. The first-order valence-electron chi connectivity index (χ1n) is 11.8. The Bertz CT molecular complexity index is 1070. The molecule has 3 aromatic carbocycles. The summed E-state index contributed by atoms with van der Waals surface area (Å²) < 4.78 is 0. The fourth-order valence-electron chi connectivity index (χ4n) is 3.79. The second-order valence-corrected chi connectivity index (χ2v) is 9.66. The molecule has 0 fully saturated rings. The molecule has 0 aliphatic carbocycles. The van der Waals surface area contributed by atoms with E-state index < -0.39 is 6.04 Å². The first-order valence-corrected chi connectivity index (χ1v) is 12.8. The van der Waals surface area contributed by atoms with Gasteiger partial charge >= 0.3 is 0 Å². The average Bonchev–Trinajstić information content (AvgIpc) is 2.85. The van der Waals surface area contributed by atoms with Crippen LogP contribution in [0.4, 0.5) is 0 Å². The van der Waals surface area contributed by atoms with E-state index in [9.17, 15) is 9.59 Å². The Morgan fingerprint density at radius 2 is 1.59 bits per heavy atom. The van der Waals surface area contributed by atoms with Crippen LogP contribution in [0.2, 0.25) is 0 Å². The van der Waals surface area contributed by atoms with Crippen molar-refractivity contribution in [2.45, 2.75) is 51.1 Å². The van der Waals surface area contributed by atoms with Crippen LogP contribution < -0.4 is 5.32 Å². The third-order valence-electron chi connectivity index (χ3n) is 5.64. The molecule has 2 amide bonds. The predicted octanol–water partition coefficient (Wildman–Crippen LogP) is 5.56. The zero-order valence-corrected chi connectivity index (χ0v) is 21.1. The molecule has 0 saturated carbocycles. The summed E-state index contributed by atoms with van der Waals surface area (Å²) in [6.45, 7) is 7.10. The number of carbonyl (C=O) groups excluding carboxylic acids is 2. The third kappa shape index (κ3) is 7.77. The van der Waals surface area contributed by atoms with E-state index in [1.54, 1.807) is 4.90 Å². The number of aryl methyl sites for hydroxylation is 2. The van der Waals surface area contributed by atoms with Crippen LogP contribution in [0.3, 0.4) is 0 Å². The molecular weight excluding hydrogens is 440 g/mol. The smallest absolute Gasteiger partial charge is 0.243 e. The zero-order valence-electron chi connectivity index (χ0n) is 20.3. The molecule has 0 radical (unpaired) electrons. The van der Waals surface area contributed by atoms with E-state index in [1.807, 2.05) is 93.6 Å². The SMILES string of the molecule is CCCNC(=O)[C@@H](Cc1ccccc1)N(Cc1cccc(C)c1)C(=O)CSc1ccc(C)cc1. The van der Waals surface area contributed by atoms with Gasteiger partial charge in [0, 0.05) is 24.4 Å². The van der Waals surface area contributed by atoms with Gasteiger partial charge in [0.1, 0.15) is 6.04 Å². The number of thioether (sulfide) groups is 1. The second kappa shape index (κ2) is 13.0. The molecule has 0 aliphatic rings. The van der Waals surface area contributed by atoms with Crippen LogP contribution in [0.5, 0.6) is 0 Å². The number of benzene rings is 3. The summed E-state index contributed by atoms with van der Waals surface area (Å²) in [6.07, 6.45) is 1.32. The minimum absolute atomic E-state index is 0.0420. The van der Waals surface area contributed by atoms with Crippen molar-refractivity contribution in [1.82, 2.24) is 10.2 Å². The number of amides is 2. The van der Waals surface area contributed by atoms with Gasteiger partial charge in [-0.25, -0.2) is 0 Å². The van der Waals surface area contributed by atoms with Crippen molar-refractivity contribution >= 4 is 23.6 Å². The Morgan fingerprint density at radius 3 is 2.26 bits per heavy atom. The first-order chi connectivity index (χ1) is 16.5. The van der Waals surface area contributed by atoms with Crippen LogP contribution in [0.1, 0.15) is 35.6 Å². The van der Waals surface area contributed by atoms with Crippen LogP contribution in [0, 0.1) is 13.8 Å². The van der Waals surface area contributed by atoms with Crippen LogP contribution in [0.15, 0.2) is 83.8 Å². The standard InChI is InChI=1S/C29H34N2O2S/c1-4-17-30-29(33)27(19-24-10-6-5-7-11-24)31(20-25-12-8-9-23(3)18-25)28(32)21-34-26-15-13-22(2)14-16-26/h5-16,18,27H,4,17,19-21H2,1-3H3,(H,30,33)/t27-/m1/s1. The maximum atomic E-state index is 13.6. The number of carbonyl (C=O) groups is 2. The molecule has 0 unspecified atom stereocenters. The molecule has 4 nitrogen and oxygen atoms in total.